The van der Waals surface area contributed by atoms with Gasteiger partial charge in [-0.1, -0.05) is 37.3 Å². The van der Waals surface area contributed by atoms with Gasteiger partial charge in [-0.2, -0.15) is 0 Å². The maximum absolute atomic E-state index is 12.6. The van der Waals surface area contributed by atoms with Crippen molar-refractivity contribution in [3.63, 3.8) is 0 Å². The number of benzene rings is 2. The van der Waals surface area contributed by atoms with E-state index in [1.54, 1.807) is 6.07 Å². The quantitative estimate of drug-likeness (QED) is 0.915. The number of hydrogen-bond donors (Lipinski definition) is 1. The zero-order valence-corrected chi connectivity index (χ0v) is 13.9. The molecule has 0 unspecified atom stereocenters. The molecule has 4 nitrogen and oxygen atoms in total. The van der Waals surface area contributed by atoms with E-state index in [1.807, 2.05) is 49.4 Å². The molecule has 2 amide bonds. The van der Waals surface area contributed by atoms with Crippen molar-refractivity contribution in [2.24, 2.45) is 0 Å². The van der Waals surface area contributed by atoms with Crippen LogP contribution in [0.2, 0.25) is 0 Å². The summed E-state index contributed by atoms with van der Waals surface area (Å²) < 4.78 is 0. The number of hydrogen-bond acceptors (Lipinski definition) is 4. The first kappa shape index (κ1) is 15.6. The number of para-hydroxylation sites is 1. The number of imide groups is 1. The molecule has 0 aromatic heterocycles. The molecule has 1 saturated heterocycles. The first-order valence-electron chi connectivity index (χ1n) is 7.56. The van der Waals surface area contributed by atoms with Crippen molar-refractivity contribution >= 4 is 34.3 Å². The van der Waals surface area contributed by atoms with Crippen molar-refractivity contribution in [1.29, 1.82) is 0 Å². The highest BCUT2D eigenvalue weighted by Crippen LogP contribution is 2.33. The number of aryl methyl sites for hydroxylation is 2. The Kier molecular flexibility index (Phi) is 4.39. The minimum Gasteiger partial charge on any atom is -0.365 e. The van der Waals surface area contributed by atoms with Gasteiger partial charge in [0.2, 0.25) is 0 Å². The summed E-state index contributed by atoms with van der Waals surface area (Å²) in [4.78, 5) is 26.1. The van der Waals surface area contributed by atoms with Gasteiger partial charge < -0.3 is 5.32 Å². The molecule has 0 bridgehead atoms. The van der Waals surface area contributed by atoms with Crippen LogP contribution in [0.3, 0.4) is 0 Å². The van der Waals surface area contributed by atoms with Crippen molar-refractivity contribution in [2.45, 2.75) is 25.6 Å². The van der Waals surface area contributed by atoms with Crippen molar-refractivity contribution in [2.75, 3.05) is 10.2 Å². The molecule has 0 aliphatic carbocycles. The van der Waals surface area contributed by atoms with E-state index in [2.05, 4.69) is 12.2 Å². The average Bonchev–Trinajstić information content (AvgIpc) is 2.83. The number of thioether (sulfide) groups is 1. The lowest BCUT2D eigenvalue weighted by atomic mass is 10.1. The van der Waals surface area contributed by atoms with Gasteiger partial charge in [0.1, 0.15) is 0 Å². The lowest BCUT2D eigenvalue weighted by molar-refractivity contribution is -0.116. The first-order chi connectivity index (χ1) is 11.1. The van der Waals surface area contributed by atoms with E-state index < -0.39 is 5.37 Å². The zero-order valence-electron chi connectivity index (χ0n) is 13.1. The molecule has 1 N–H and O–H groups in total. The Balaban J connectivity index is 1.79. The Morgan fingerprint density at radius 3 is 2.43 bits per heavy atom. The van der Waals surface area contributed by atoms with Crippen molar-refractivity contribution in [1.82, 2.24) is 0 Å². The molecule has 5 heteroatoms. The van der Waals surface area contributed by atoms with Crippen LogP contribution < -0.4 is 10.2 Å². The topological polar surface area (TPSA) is 49.4 Å². The van der Waals surface area contributed by atoms with Gasteiger partial charge in [-0.15, -0.1) is 0 Å². The van der Waals surface area contributed by atoms with Crippen molar-refractivity contribution in [3.8, 4) is 0 Å². The summed E-state index contributed by atoms with van der Waals surface area (Å²) in [5, 5.41) is 2.31. The van der Waals surface area contributed by atoms with Crippen LogP contribution in [0, 0.1) is 6.92 Å². The number of carbonyl (C=O) groups is 2. The summed E-state index contributed by atoms with van der Waals surface area (Å²) >= 11 is 1.02. The van der Waals surface area contributed by atoms with Crippen LogP contribution in [0.4, 0.5) is 16.2 Å². The van der Waals surface area contributed by atoms with Gasteiger partial charge in [0, 0.05) is 5.69 Å². The van der Waals surface area contributed by atoms with Crippen molar-refractivity contribution in [3.05, 3.63) is 59.7 Å². The Bertz CT molecular complexity index is 743. The molecule has 23 heavy (non-hydrogen) atoms. The first-order valence-corrected chi connectivity index (χ1v) is 8.44. The molecule has 1 fully saturated rings. The number of rotatable bonds is 4. The second kappa shape index (κ2) is 6.46. The smallest absolute Gasteiger partial charge is 0.295 e. The fraction of sp³-hybridized carbons (Fsp3) is 0.222. The molecule has 1 heterocycles. The highest BCUT2D eigenvalue weighted by atomic mass is 32.2. The molecule has 1 aliphatic rings. The number of amides is 2. The van der Waals surface area contributed by atoms with E-state index in [4.69, 9.17) is 0 Å². The maximum Gasteiger partial charge on any atom is 0.295 e. The summed E-state index contributed by atoms with van der Waals surface area (Å²) in [5.41, 5.74) is 3.63. The Labute approximate surface area is 139 Å². The Hall–Kier alpha value is -2.27. The Morgan fingerprint density at radius 2 is 1.78 bits per heavy atom. The van der Waals surface area contributed by atoms with Gasteiger partial charge in [0.25, 0.3) is 11.1 Å². The number of nitrogens with one attached hydrogen (secondary N) is 1. The van der Waals surface area contributed by atoms with Crippen molar-refractivity contribution < 1.29 is 9.59 Å². The third kappa shape index (κ3) is 3.10. The predicted molar refractivity (Wildman–Crippen MR) is 94.9 cm³/mol. The average molecular weight is 326 g/mol. The zero-order chi connectivity index (χ0) is 16.4. The van der Waals surface area contributed by atoms with Gasteiger partial charge in [0.15, 0.2) is 5.37 Å². The highest BCUT2D eigenvalue weighted by Gasteiger charge is 2.41. The fourth-order valence-corrected chi connectivity index (χ4v) is 3.42. The van der Waals surface area contributed by atoms with Crippen LogP contribution in [0.15, 0.2) is 48.5 Å². The van der Waals surface area contributed by atoms with Gasteiger partial charge in [-0.05, 0) is 54.4 Å². The van der Waals surface area contributed by atoms with Gasteiger partial charge in [-0.3, -0.25) is 9.59 Å². The van der Waals surface area contributed by atoms with Gasteiger partial charge >= 0.3 is 0 Å². The van der Waals surface area contributed by atoms with Gasteiger partial charge in [-0.25, -0.2) is 4.90 Å². The molecular weight excluding hydrogens is 308 g/mol. The monoisotopic (exact) mass is 326 g/mol. The van der Waals surface area contributed by atoms with Crippen LogP contribution >= 0.6 is 11.8 Å². The molecule has 3 rings (SSSR count). The molecule has 0 spiro atoms. The summed E-state index contributed by atoms with van der Waals surface area (Å²) in [7, 11) is 0. The van der Waals surface area contributed by atoms with Crippen LogP contribution in [0.5, 0.6) is 0 Å². The SMILES string of the molecule is CCc1ccc(N[C@H]2SC(=O)N(c3ccccc3C)C2=O)cc1. The van der Waals surface area contributed by atoms with Crippen LogP contribution in [-0.2, 0) is 11.2 Å². The lowest BCUT2D eigenvalue weighted by Crippen LogP contribution is -2.34. The lowest BCUT2D eigenvalue weighted by Gasteiger charge is -2.17. The highest BCUT2D eigenvalue weighted by molar-refractivity contribution is 8.16. The molecular formula is C18H18N2O2S. The largest absolute Gasteiger partial charge is 0.365 e. The third-order valence-corrected chi connectivity index (χ3v) is 4.80. The molecule has 2 aromatic rings. The minimum atomic E-state index is -0.588. The number of carbonyl (C=O) groups excluding carboxylic acids is 2. The van der Waals surface area contributed by atoms with E-state index in [1.165, 1.54) is 10.5 Å². The summed E-state index contributed by atoms with van der Waals surface area (Å²) in [6, 6.07) is 15.3. The van der Waals surface area contributed by atoms with E-state index >= 15 is 0 Å². The molecule has 0 radical (unpaired) electrons. The maximum atomic E-state index is 12.6. The Morgan fingerprint density at radius 1 is 1.09 bits per heavy atom. The van der Waals surface area contributed by atoms with E-state index in [-0.39, 0.29) is 11.1 Å². The number of anilines is 2. The second-order valence-corrected chi connectivity index (χ2v) is 6.48. The molecule has 1 atom stereocenters. The standard InChI is InChI=1S/C18H18N2O2S/c1-3-13-8-10-14(11-9-13)19-16-17(21)20(18(22)23-16)15-7-5-4-6-12(15)2/h4-11,16,19H,3H2,1-2H3/t16-/m0/s1. The second-order valence-electron chi connectivity index (χ2n) is 5.42. The fourth-order valence-electron chi connectivity index (χ4n) is 2.52. The van der Waals surface area contributed by atoms with E-state index in [0.29, 0.717) is 5.69 Å². The number of nitrogens with zero attached hydrogens (tertiary/aromatic N) is 1. The molecule has 118 valence electrons. The van der Waals surface area contributed by atoms with Crippen LogP contribution in [0.1, 0.15) is 18.1 Å². The molecule has 2 aromatic carbocycles. The summed E-state index contributed by atoms with van der Waals surface area (Å²) in [6.45, 7) is 3.99. The van der Waals surface area contributed by atoms with Crippen LogP contribution in [-0.4, -0.2) is 16.5 Å². The normalized spacial score (nSPS) is 17.7. The van der Waals surface area contributed by atoms with E-state index in [0.717, 1.165) is 29.4 Å². The minimum absolute atomic E-state index is 0.228. The summed E-state index contributed by atoms with van der Waals surface area (Å²) in [5.74, 6) is -0.228. The summed E-state index contributed by atoms with van der Waals surface area (Å²) in [6.07, 6.45) is 0.969. The van der Waals surface area contributed by atoms with E-state index in [9.17, 15) is 9.59 Å². The third-order valence-electron chi connectivity index (χ3n) is 3.86. The van der Waals surface area contributed by atoms with Crippen LogP contribution in [0.25, 0.3) is 0 Å². The molecule has 1 aliphatic heterocycles. The van der Waals surface area contributed by atoms with Gasteiger partial charge in [0.05, 0.1) is 5.69 Å². The predicted octanol–water partition coefficient (Wildman–Crippen LogP) is 4.20. The molecule has 0 saturated carbocycles.